The molecule has 0 heterocycles. The number of benzene rings is 1. The third-order valence-corrected chi connectivity index (χ3v) is 2.95. The van der Waals surface area contributed by atoms with E-state index in [9.17, 15) is 9.59 Å². The van der Waals surface area contributed by atoms with Crippen LogP contribution < -0.4 is 20.3 Å². The van der Waals surface area contributed by atoms with Crippen LogP contribution in [0.3, 0.4) is 0 Å². The van der Waals surface area contributed by atoms with Crippen LogP contribution in [0.1, 0.15) is 20.8 Å². The van der Waals surface area contributed by atoms with E-state index in [1.54, 1.807) is 19.2 Å². The maximum Gasteiger partial charge on any atom is 0.407 e. The summed E-state index contributed by atoms with van der Waals surface area (Å²) in [5.41, 5.74) is 0.937. The Hall–Kier alpha value is -2.44. The van der Waals surface area contributed by atoms with Gasteiger partial charge < -0.3 is 25.0 Å². The fourth-order valence-electron chi connectivity index (χ4n) is 1.90. The number of anilines is 2. The number of rotatable bonds is 7. The van der Waals surface area contributed by atoms with Gasteiger partial charge in [-0.3, -0.25) is 4.79 Å². The van der Waals surface area contributed by atoms with Crippen molar-refractivity contribution in [2.45, 2.75) is 26.4 Å². The number of hydrogen-bond donors (Lipinski definition) is 2. The first-order valence-corrected chi connectivity index (χ1v) is 7.33. The Balaban J connectivity index is 2.64. The van der Waals surface area contributed by atoms with Crippen LogP contribution >= 0.6 is 0 Å². The quantitative estimate of drug-likeness (QED) is 0.752. The molecule has 23 heavy (non-hydrogen) atoms. The van der Waals surface area contributed by atoms with Crippen molar-refractivity contribution >= 4 is 23.9 Å². The lowest BCUT2D eigenvalue weighted by molar-refractivity contribution is -0.105. The van der Waals surface area contributed by atoms with E-state index in [0.717, 1.165) is 5.69 Å². The highest BCUT2D eigenvalue weighted by molar-refractivity contribution is 5.82. The molecule has 0 aromatic heterocycles. The van der Waals surface area contributed by atoms with E-state index in [4.69, 9.17) is 9.47 Å². The first-order chi connectivity index (χ1) is 10.8. The smallest absolute Gasteiger partial charge is 0.407 e. The lowest BCUT2D eigenvalue weighted by Crippen LogP contribution is -2.37. The molecule has 0 saturated heterocycles. The van der Waals surface area contributed by atoms with Crippen molar-refractivity contribution in [3.8, 4) is 5.75 Å². The van der Waals surface area contributed by atoms with Crippen molar-refractivity contribution in [2.75, 3.05) is 37.5 Å². The van der Waals surface area contributed by atoms with E-state index in [-0.39, 0.29) is 0 Å². The first kappa shape index (κ1) is 18.6. The zero-order valence-electron chi connectivity index (χ0n) is 14.3. The summed E-state index contributed by atoms with van der Waals surface area (Å²) in [4.78, 5) is 24.2. The van der Waals surface area contributed by atoms with E-state index in [1.165, 1.54) is 0 Å². The molecule has 1 aromatic rings. The zero-order chi connectivity index (χ0) is 17.5. The Morgan fingerprint density at radius 2 is 2.04 bits per heavy atom. The van der Waals surface area contributed by atoms with Crippen LogP contribution in [0.15, 0.2) is 18.2 Å². The van der Waals surface area contributed by atoms with Crippen LogP contribution in [0.5, 0.6) is 5.75 Å². The summed E-state index contributed by atoms with van der Waals surface area (Å²) in [5, 5.41) is 5.34. The Kier molecular flexibility index (Phi) is 6.68. The Labute approximate surface area is 136 Å². The second-order valence-corrected chi connectivity index (χ2v) is 6.00. The number of hydrogen-bond acceptors (Lipinski definition) is 5. The van der Waals surface area contributed by atoms with Gasteiger partial charge in [0.25, 0.3) is 0 Å². The summed E-state index contributed by atoms with van der Waals surface area (Å²) in [6.45, 7) is 6.38. The maximum absolute atomic E-state index is 11.6. The van der Waals surface area contributed by atoms with E-state index >= 15 is 0 Å². The van der Waals surface area contributed by atoms with Crippen molar-refractivity contribution in [1.29, 1.82) is 0 Å². The largest absolute Gasteiger partial charge is 0.497 e. The third kappa shape index (κ3) is 6.46. The molecule has 1 rings (SSSR count). The summed E-state index contributed by atoms with van der Waals surface area (Å²) in [5.74, 6) is 0.684. The molecule has 7 nitrogen and oxygen atoms in total. The standard InChI is InChI=1S/C16H25N3O4/c1-16(2,3)23-15(21)17-8-9-19(4)14-10-12(22-5)6-7-13(14)18-11-20/h6-7,10-11H,8-9H2,1-5H3,(H,17,21)(H,18,20). The zero-order valence-corrected chi connectivity index (χ0v) is 14.3. The van der Waals surface area contributed by atoms with Gasteiger partial charge in [0.1, 0.15) is 11.4 Å². The van der Waals surface area contributed by atoms with Gasteiger partial charge in [-0.2, -0.15) is 0 Å². The maximum atomic E-state index is 11.6. The summed E-state index contributed by atoms with van der Waals surface area (Å²) >= 11 is 0. The van der Waals surface area contributed by atoms with Gasteiger partial charge in [-0.25, -0.2) is 4.79 Å². The lowest BCUT2D eigenvalue weighted by Gasteiger charge is -2.24. The van der Waals surface area contributed by atoms with Crippen LogP contribution in [-0.2, 0) is 9.53 Å². The van der Waals surface area contributed by atoms with Crippen LogP contribution in [-0.4, -0.2) is 45.4 Å². The van der Waals surface area contributed by atoms with Gasteiger partial charge in [-0.15, -0.1) is 0 Å². The van der Waals surface area contributed by atoms with Gasteiger partial charge in [0.05, 0.1) is 18.5 Å². The third-order valence-electron chi connectivity index (χ3n) is 2.95. The van der Waals surface area contributed by atoms with Crippen molar-refractivity contribution < 1.29 is 19.1 Å². The second kappa shape index (κ2) is 8.26. The predicted octanol–water partition coefficient (Wildman–Crippen LogP) is 2.22. The van der Waals surface area contributed by atoms with Crippen molar-refractivity contribution in [3.05, 3.63) is 18.2 Å². The highest BCUT2D eigenvalue weighted by Crippen LogP contribution is 2.29. The van der Waals surface area contributed by atoms with Crippen molar-refractivity contribution in [3.63, 3.8) is 0 Å². The summed E-state index contributed by atoms with van der Waals surface area (Å²) in [6.07, 6.45) is 0.167. The van der Waals surface area contributed by atoms with E-state index < -0.39 is 11.7 Å². The van der Waals surface area contributed by atoms with Crippen LogP contribution in [0.2, 0.25) is 0 Å². The molecule has 0 aliphatic carbocycles. The normalized spacial score (nSPS) is 10.7. The number of amides is 2. The molecule has 2 N–H and O–H groups in total. The molecule has 0 spiro atoms. The number of alkyl carbamates (subject to hydrolysis) is 1. The number of ether oxygens (including phenoxy) is 2. The average Bonchev–Trinajstić information content (AvgIpc) is 2.46. The minimum absolute atomic E-state index is 0.406. The number of carbonyl (C=O) groups excluding carboxylic acids is 2. The number of nitrogens with one attached hydrogen (secondary N) is 2. The second-order valence-electron chi connectivity index (χ2n) is 6.00. The van der Waals surface area contributed by atoms with Gasteiger partial charge in [0.2, 0.25) is 6.41 Å². The topological polar surface area (TPSA) is 79.9 Å². The molecule has 1 aromatic carbocycles. The molecule has 0 fully saturated rings. The fraction of sp³-hybridized carbons (Fsp3) is 0.500. The molecular formula is C16H25N3O4. The molecule has 128 valence electrons. The Morgan fingerprint density at radius 1 is 1.35 bits per heavy atom. The van der Waals surface area contributed by atoms with Crippen LogP contribution in [0.4, 0.5) is 16.2 Å². The first-order valence-electron chi connectivity index (χ1n) is 7.33. The van der Waals surface area contributed by atoms with E-state index in [0.29, 0.717) is 30.9 Å². The highest BCUT2D eigenvalue weighted by Gasteiger charge is 2.16. The van der Waals surface area contributed by atoms with Gasteiger partial charge in [-0.05, 0) is 32.9 Å². The average molecular weight is 323 g/mol. The van der Waals surface area contributed by atoms with Crippen LogP contribution in [0.25, 0.3) is 0 Å². The molecule has 0 unspecified atom stereocenters. The molecule has 0 radical (unpaired) electrons. The molecule has 0 aliphatic heterocycles. The molecule has 0 bridgehead atoms. The fourth-order valence-corrected chi connectivity index (χ4v) is 1.90. The lowest BCUT2D eigenvalue weighted by atomic mass is 10.2. The summed E-state index contributed by atoms with van der Waals surface area (Å²) < 4.78 is 10.4. The molecular weight excluding hydrogens is 298 g/mol. The van der Waals surface area contributed by atoms with Gasteiger partial charge in [0, 0.05) is 26.2 Å². The van der Waals surface area contributed by atoms with Gasteiger partial charge >= 0.3 is 6.09 Å². The number of carbonyl (C=O) groups is 2. The van der Waals surface area contributed by atoms with E-state index in [1.807, 2.05) is 38.8 Å². The van der Waals surface area contributed by atoms with Crippen molar-refractivity contribution in [2.24, 2.45) is 0 Å². The number of likely N-dealkylation sites (N-methyl/N-ethyl adjacent to an activating group) is 1. The number of methoxy groups -OCH3 is 1. The van der Waals surface area contributed by atoms with Crippen LogP contribution in [0, 0.1) is 0 Å². The Morgan fingerprint density at radius 3 is 2.61 bits per heavy atom. The molecule has 0 saturated carbocycles. The minimum Gasteiger partial charge on any atom is -0.497 e. The van der Waals surface area contributed by atoms with Gasteiger partial charge in [-0.1, -0.05) is 0 Å². The SMILES string of the molecule is COc1ccc(NC=O)c(N(C)CCNC(=O)OC(C)(C)C)c1. The number of nitrogens with zero attached hydrogens (tertiary/aromatic N) is 1. The molecule has 2 amide bonds. The molecule has 0 aliphatic rings. The highest BCUT2D eigenvalue weighted by atomic mass is 16.6. The van der Waals surface area contributed by atoms with Crippen molar-refractivity contribution in [1.82, 2.24) is 5.32 Å². The minimum atomic E-state index is -0.524. The molecule has 0 atom stereocenters. The summed E-state index contributed by atoms with van der Waals surface area (Å²) in [6, 6.07) is 5.35. The Bertz CT molecular complexity index is 541. The molecule has 7 heteroatoms. The van der Waals surface area contributed by atoms with Gasteiger partial charge in [0.15, 0.2) is 0 Å². The van der Waals surface area contributed by atoms with E-state index in [2.05, 4.69) is 10.6 Å². The monoisotopic (exact) mass is 323 g/mol. The summed E-state index contributed by atoms with van der Waals surface area (Å²) in [7, 11) is 3.44. The predicted molar refractivity (Wildman–Crippen MR) is 90.2 cm³/mol.